The van der Waals surface area contributed by atoms with Gasteiger partial charge in [0.1, 0.15) is 5.60 Å². The number of carbonyl (C=O) groups excluding carboxylic acids is 2. The number of aromatic nitrogens is 1. The van der Waals surface area contributed by atoms with Gasteiger partial charge in [-0.25, -0.2) is 9.69 Å². The molecule has 4 rings (SSSR count). The Morgan fingerprint density at radius 3 is 2.09 bits per heavy atom. The van der Waals surface area contributed by atoms with Crippen molar-refractivity contribution >= 4 is 17.9 Å². The molecule has 1 atom stereocenters. The van der Waals surface area contributed by atoms with E-state index >= 15 is 0 Å². The molecule has 34 heavy (non-hydrogen) atoms. The normalized spacial score (nSPS) is 26.7. The van der Waals surface area contributed by atoms with E-state index in [2.05, 4.69) is 26.0 Å². The molecule has 0 aromatic carbocycles. The van der Waals surface area contributed by atoms with Crippen molar-refractivity contribution in [3.63, 3.8) is 0 Å². The van der Waals surface area contributed by atoms with Crippen LogP contribution in [0.15, 0.2) is 24.5 Å². The average Bonchev–Trinajstić information content (AvgIpc) is 3.38. The minimum Gasteiger partial charge on any atom is -0.456 e. The van der Waals surface area contributed by atoms with Crippen molar-refractivity contribution < 1.29 is 19.1 Å². The van der Waals surface area contributed by atoms with Gasteiger partial charge in [0.05, 0.1) is 6.10 Å². The Bertz CT molecular complexity index is 808. The zero-order valence-corrected chi connectivity index (χ0v) is 20.9. The van der Waals surface area contributed by atoms with Gasteiger partial charge in [0.2, 0.25) is 6.29 Å². The number of carbonyl (C=O) groups is 1. The van der Waals surface area contributed by atoms with Gasteiger partial charge in [-0.3, -0.25) is 14.7 Å². The van der Waals surface area contributed by atoms with Crippen LogP contribution < -0.4 is 4.90 Å². The summed E-state index contributed by atoms with van der Waals surface area (Å²) in [4.78, 5) is 36.0. The first-order valence-electron chi connectivity index (χ1n) is 12.8. The molecule has 1 unspecified atom stereocenters. The largest absolute Gasteiger partial charge is 0.456 e. The van der Waals surface area contributed by atoms with Crippen LogP contribution in [0.25, 0.3) is 0 Å². The number of hydrogen-bond acceptors (Lipinski definition) is 8. The Hall–Kier alpha value is -2.03. The number of rotatable bonds is 7. The fourth-order valence-electron chi connectivity index (χ4n) is 5.37. The van der Waals surface area contributed by atoms with Crippen molar-refractivity contribution in [3.05, 3.63) is 24.5 Å². The van der Waals surface area contributed by atoms with Gasteiger partial charge in [-0.15, -0.1) is 0 Å². The summed E-state index contributed by atoms with van der Waals surface area (Å²) in [5, 5.41) is 0. The van der Waals surface area contributed by atoms with Crippen molar-refractivity contribution in [1.29, 1.82) is 0 Å². The number of ether oxygens (including phenoxy) is 2. The number of pyridine rings is 1. The van der Waals surface area contributed by atoms with Crippen LogP contribution in [0.5, 0.6) is 0 Å². The lowest BCUT2D eigenvalue weighted by Gasteiger charge is -2.51. The molecule has 2 aliphatic heterocycles. The molecule has 1 saturated carbocycles. The van der Waals surface area contributed by atoms with E-state index in [0.717, 1.165) is 70.4 Å². The number of esters is 1. The standard InChI is InChI=1S/C26H39N4O4/c1-25(2,3)34-24(32)26(29-14-4-5-15-29,33-23-8-6-21(20-31)7-9-23)30-18-16-28(17-19-30)22-10-12-27-13-11-22/h10-13,21,23H,4-9,14-19H2,1-3H3/t21-,23-,26?. The lowest BCUT2D eigenvalue weighted by molar-refractivity contribution is -0.278. The zero-order valence-electron chi connectivity index (χ0n) is 20.9. The Balaban J connectivity index is 1.60. The van der Waals surface area contributed by atoms with Crippen molar-refractivity contribution in [2.45, 2.75) is 76.9 Å². The number of nitrogens with zero attached hydrogens (tertiary/aromatic N) is 4. The quantitative estimate of drug-likeness (QED) is 0.562. The van der Waals surface area contributed by atoms with E-state index in [9.17, 15) is 9.59 Å². The first-order valence-corrected chi connectivity index (χ1v) is 12.8. The highest BCUT2D eigenvalue weighted by atomic mass is 16.6. The molecule has 187 valence electrons. The molecule has 0 spiro atoms. The summed E-state index contributed by atoms with van der Waals surface area (Å²) in [6.07, 6.45) is 10.8. The van der Waals surface area contributed by atoms with Gasteiger partial charge in [0.15, 0.2) is 0 Å². The lowest BCUT2D eigenvalue weighted by atomic mass is 9.88. The topological polar surface area (TPSA) is 75.2 Å². The molecule has 3 heterocycles. The monoisotopic (exact) mass is 471 g/mol. The second-order valence-corrected chi connectivity index (χ2v) is 10.7. The third-order valence-corrected chi connectivity index (χ3v) is 7.11. The fraction of sp³-hybridized carbons (Fsp3) is 0.731. The summed E-state index contributed by atoms with van der Waals surface area (Å²) in [5.41, 5.74) is 0.525. The molecule has 0 N–H and O–H groups in total. The summed E-state index contributed by atoms with van der Waals surface area (Å²) < 4.78 is 12.9. The molecule has 1 aromatic heterocycles. The highest BCUT2D eigenvalue weighted by Gasteiger charge is 2.55. The molecule has 1 radical (unpaired) electrons. The van der Waals surface area contributed by atoms with Gasteiger partial charge in [-0.2, -0.15) is 0 Å². The first-order chi connectivity index (χ1) is 16.3. The second-order valence-electron chi connectivity index (χ2n) is 10.7. The first kappa shape index (κ1) is 25.1. The maximum atomic E-state index is 14.0. The molecule has 8 nitrogen and oxygen atoms in total. The predicted octanol–water partition coefficient (Wildman–Crippen LogP) is 2.98. The van der Waals surface area contributed by atoms with E-state index in [1.165, 1.54) is 0 Å². The molecule has 3 fully saturated rings. The van der Waals surface area contributed by atoms with Crippen molar-refractivity contribution in [3.8, 4) is 0 Å². The minimum absolute atomic E-state index is 0.0218. The molecule has 0 bridgehead atoms. The Morgan fingerprint density at radius 1 is 0.941 bits per heavy atom. The van der Waals surface area contributed by atoms with E-state index in [0.29, 0.717) is 13.1 Å². The van der Waals surface area contributed by atoms with E-state index in [4.69, 9.17) is 9.47 Å². The second kappa shape index (κ2) is 10.7. The van der Waals surface area contributed by atoms with Gasteiger partial charge in [0.25, 0.3) is 5.85 Å². The maximum Gasteiger partial charge on any atom is 0.371 e. The predicted molar refractivity (Wildman–Crippen MR) is 130 cm³/mol. The van der Waals surface area contributed by atoms with Gasteiger partial charge in [-0.1, -0.05) is 0 Å². The molecular weight excluding hydrogens is 432 g/mol. The molecule has 2 saturated heterocycles. The summed E-state index contributed by atoms with van der Waals surface area (Å²) in [6.45, 7) is 10.3. The molecule has 3 aliphatic rings. The third-order valence-electron chi connectivity index (χ3n) is 7.11. The van der Waals surface area contributed by atoms with Crippen LogP contribution in [0.3, 0.4) is 0 Å². The van der Waals surface area contributed by atoms with Crippen molar-refractivity contribution in [2.75, 3.05) is 44.2 Å². The smallest absolute Gasteiger partial charge is 0.371 e. The van der Waals surface area contributed by atoms with E-state index in [1.807, 2.05) is 45.3 Å². The summed E-state index contributed by atoms with van der Waals surface area (Å²) >= 11 is 0. The van der Waals surface area contributed by atoms with E-state index < -0.39 is 11.4 Å². The summed E-state index contributed by atoms with van der Waals surface area (Å²) in [7, 11) is 0. The third kappa shape index (κ3) is 5.61. The number of likely N-dealkylation sites (tertiary alicyclic amines) is 1. The zero-order chi connectivity index (χ0) is 24.2. The Kier molecular flexibility index (Phi) is 7.90. The Labute approximate surface area is 203 Å². The van der Waals surface area contributed by atoms with Gasteiger partial charge < -0.3 is 14.4 Å². The molecule has 1 aliphatic carbocycles. The van der Waals surface area contributed by atoms with Crippen LogP contribution in [-0.2, 0) is 19.1 Å². The average molecular weight is 472 g/mol. The lowest BCUT2D eigenvalue weighted by Crippen LogP contribution is -2.71. The fourth-order valence-corrected chi connectivity index (χ4v) is 5.37. The number of piperazine rings is 1. The van der Waals surface area contributed by atoms with Gasteiger partial charge >= 0.3 is 5.97 Å². The van der Waals surface area contributed by atoms with Crippen LogP contribution in [-0.4, -0.2) is 83.9 Å². The maximum absolute atomic E-state index is 14.0. The molecule has 0 amide bonds. The van der Waals surface area contributed by atoms with Crippen molar-refractivity contribution in [2.24, 2.45) is 5.92 Å². The van der Waals surface area contributed by atoms with Crippen LogP contribution >= 0.6 is 0 Å². The minimum atomic E-state index is -1.24. The highest BCUT2D eigenvalue weighted by Crippen LogP contribution is 2.36. The number of hydrogen-bond donors (Lipinski definition) is 0. The van der Waals surface area contributed by atoms with Crippen LogP contribution in [0.2, 0.25) is 0 Å². The van der Waals surface area contributed by atoms with Crippen LogP contribution in [0.4, 0.5) is 5.69 Å². The molecule has 1 aromatic rings. The molecule has 8 heteroatoms. The number of anilines is 1. The van der Waals surface area contributed by atoms with Crippen LogP contribution in [0, 0.1) is 5.92 Å². The summed E-state index contributed by atoms with van der Waals surface area (Å²) in [5.74, 6) is -1.58. The van der Waals surface area contributed by atoms with Crippen LogP contribution in [0.1, 0.15) is 59.3 Å². The Morgan fingerprint density at radius 2 is 1.53 bits per heavy atom. The summed E-state index contributed by atoms with van der Waals surface area (Å²) in [6, 6.07) is 4.05. The van der Waals surface area contributed by atoms with Gasteiger partial charge in [-0.05, 0) is 71.4 Å². The SMILES string of the molecule is CC(C)(C)OC(=O)C(O[C@H]1CC[C@H]([C]=O)CC1)(N1CCCC1)N1CCN(c2ccncc2)CC1. The molecular formula is C26H39N4O4. The van der Waals surface area contributed by atoms with Crippen molar-refractivity contribution in [1.82, 2.24) is 14.8 Å². The van der Waals surface area contributed by atoms with E-state index in [-0.39, 0.29) is 18.0 Å². The van der Waals surface area contributed by atoms with Gasteiger partial charge in [0, 0.05) is 63.3 Å². The highest BCUT2D eigenvalue weighted by molar-refractivity contribution is 5.79. The van der Waals surface area contributed by atoms with E-state index in [1.54, 1.807) is 0 Å².